The van der Waals surface area contributed by atoms with Gasteiger partial charge in [0.1, 0.15) is 0 Å². The van der Waals surface area contributed by atoms with Crippen LogP contribution in [0.2, 0.25) is 0 Å². The van der Waals surface area contributed by atoms with Crippen molar-refractivity contribution in [2.24, 2.45) is 5.92 Å². The van der Waals surface area contributed by atoms with Gasteiger partial charge in [-0.2, -0.15) is 0 Å². The Hall–Kier alpha value is -0.0900. The van der Waals surface area contributed by atoms with E-state index in [4.69, 9.17) is 4.74 Å². The van der Waals surface area contributed by atoms with Crippen LogP contribution < -0.4 is 5.32 Å². The van der Waals surface area contributed by atoms with Crippen LogP contribution >= 0.6 is 23.7 Å². The molecule has 1 aromatic rings. The molecule has 0 aliphatic rings. The molecule has 0 spiro atoms. The number of nitrogens with one attached hydrogen (secondary N) is 1. The van der Waals surface area contributed by atoms with Gasteiger partial charge < -0.3 is 10.1 Å². The number of aryl methyl sites for hydroxylation is 1. The summed E-state index contributed by atoms with van der Waals surface area (Å²) in [6, 6.07) is 4.78. The van der Waals surface area contributed by atoms with E-state index in [2.05, 4.69) is 45.1 Å². The second-order valence-corrected chi connectivity index (χ2v) is 6.10. The highest BCUT2D eigenvalue weighted by Crippen LogP contribution is 2.14. The maximum atomic E-state index is 5.59. The summed E-state index contributed by atoms with van der Waals surface area (Å²) in [6.45, 7) is 11.3. The summed E-state index contributed by atoms with van der Waals surface area (Å²) in [5, 5.41) is 3.47. The van der Waals surface area contributed by atoms with E-state index < -0.39 is 0 Å². The molecule has 17 heavy (non-hydrogen) atoms. The van der Waals surface area contributed by atoms with Gasteiger partial charge in [0, 0.05) is 28.9 Å². The minimum Gasteiger partial charge on any atom is -0.380 e. The molecule has 0 aliphatic carbocycles. The monoisotopic (exact) mass is 277 g/mol. The van der Waals surface area contributed by atoms with Crippen LogP contribution in [0.3, 0.4) is 0 Å². The normalized spacial score (nSPS) is 12.5. The molecule has 1 unspecified atom stereocenters. The number of hydrogen-bond donors (Lipinski definition) is 1. The van der Waals surface area contributed by atoms with Gasteiger partial charge in [-0.15, -0.1) is 23.7 Å². The molecule has 2 nitrogen and oxygen atoms in total. The Morgan fingerprint density at radius 2 is 1.94 bits per heavy atom. The zero-order chi connectivity index (χ0) is 12.0. The summed E-state index contributed by atoms with van der Waals surface area (Å²) in [5.74, 6) is 0.618. The number of ether oxygens (including phenoxy) is 1. The SMILES string of the molecule is Cc1ccc(CNC(C)COCC(C)C)s1.Cl. The van der Waals surface area contributed by atoms with Crippen molar-refractivity contribution in [3.05, 3.63) is 21.9 Å². The van der Waals surface area contributed by atoms with Crippen molar-refractivity contribution in [2.75, 3.05) is 13.2 Å². The average Bonchev–Trinajstić information content (AvgIpc) is 2.61. The first-order chi connectivity index (χ1) is 7.58. The quantitative estimate of drug-likeness (QED) is 0.822. The van der Waals surface area contributed by atoms with E-state index in [0.717, 1.165) is 19.8 Å². The predicted molar refractivity (Wildman–Crippen MR) is 78.3 cm³/mol. The summed E-state index contributed by atoms with van der Waals surface area (Å²) in [5.41, 5.74) is 0. The van der Waals surface area contributed by atoms with Crippen molar-refractivity contribution < 1.29 is 4.74 Å². The molecule has 100 valence electrons. The van der Waals surface area contributed by atoms with E-state index in [9.17, 15) is 0 Å². The molecule has 0 aromatic carbocycles. The third-order valence-electron chi connectivity index (χ3n) is 2.24. The fourth-order valence-electron chi connectivity index (χ4n) is 1.39. The maximum absolute atomic E-state index is 5.59. The van der Waals surface area contributed by atoms with Gasteiger partial charge in [-0.3, -0.25) is 0 Å². The average molecular weight is 278 g/mol. The molecule has 0 radical (unpaired) electrons. The zero-order valence-corrected chi connectivity index (χ0v) is 12.8. The molecule has 1 aromatic heterocycles. The van der Waals surface area contributed by atoms with Crippen LogP contribution in [-0.4, -0.2) is 19.3 Å². The van der Waals surface area contributed by atoms with Gasteiger partial charge in [-0.25, -0.2) is 0 Å². The Bertz CT molecular complexity index is 301. The Balaban J connectivity index is 0.00000256. The summed E-state index contributed by atoms with van der Waals surface area (Å²) in [7, 11) is 0. The summed E-state index contributed by atoms with van der Waals surface area (Å²) in [6.07, 6.45) is 0. The van der Waals surface area contributed by atoms with Crippen molar-refractivity contribution in [1.82, 2.24) is 5.32 Å². The third kappa shape index (κ3) is 7.77. The first-order valence-electron chi connectivity index (χ1n) is 5.94. The first-order valence-corrected chi connectivity index (χ1v) is 6.76. The predicted octanol–water partition coefficient (Wildman–Crippen LogP) is 3.63. The molecule has 0 saturated carbocycles. The lowest BCUT2D eigenvalue weighted by Crippen LogP contribution is -2.30. The smallest absolute Gasteiger partial charge is 0.0617 e. The minimum atomic E-state index is 0. The summed E-state index contributed by atoms with van der Waals surface area (Å²) in [4.78, 5) is 2.77. The lowest BCUT2D eigenvalue weighted by molar-refractivity contribution is 0.0936. The van der Waals surface area contributed by atoms with Crippen molar-refractivity contribution in [3.63, 3.8) is 0 Å². The molecule has 4 heteroatoms. The second kappa shape index (κ2) is 8.92. The zero-order valence-electron chi connectivity index (χ0n) is 11.2. The molecule has 0 bridgehead atoms. The topological polar surface area (TPSA) is 21.3 Å². The largest absolute Gasteiger partial charge is 0.380 e. The van der Waals surface area contributed by atoms with Crippen molar-refractivity contribution in [1.29, 1.82) is 0 Å². The van der Waals surface area contributed by atoms with Gasteiger partial charge in [-0.05, 0) is 31.9 Å². The van der Waals surface area contributed by atoms with Gasteiger partial charge in [0.2, 0.25) is 0 Å². The van der Waals surface area contributed by atoms with E-state index in [0.29, 0.717) is 12.0 Å². The number of thiophene rings is 1. The van der Waals surface area contributed by atoms with Gasteiger partial charge in [0.05, 0.1) is 6.61 Å². The van der Waals surface area contributed by atoms with Crippen LogP contribution in [0.25, 0.3) is 0 Å². The Morgan fingerprint density at radius 3 is 2.47 bits per heavy atom. The molecule has 0 amide bonds. The van der Waals surface area contributed by atoms with E-state index in [-0.39, 0.29) is 12.4 Å². The maximum Gasteiger partial charge on any atom is 0.0617 e. The van der Waals surface area contributed by atoms with E-state index in [1.54, 1.807) is 0 Å². The number of halogens is 1. The molecule has 1 atom stereocenters. The van der Waals surface area contributed by atoms with Gasteiger partial charge in [0.15, 0.2) is 0 Å². The number of hydrogen-bond acceptors (Lipinski definition) is 3. The Kier molecular flexibility index (Phi) is 8.88. The minimum absolute atomic E-state index is 0. The van der Waals surface area contributed by atoms with Crippen LogP contribution in [-0.2, 0) is 11.3 Å². The lowest BCUT2D eigenvalue weighted by Gasteiger charge is -2.14. The van der Waals surface area contributed by atoms with Gasteiger partial charge in [-0.1, -0.05) is 13.8 Å². The summed E-state index contributed by atoms with van der Waals surface area (Å²) >= 11 is 1.86. The highest BCUT2D eigenvalue weighted by atomic mass is 35.5. The number of rotatable bonds is 7. The first kappa shape index (κ1) is 16.9. The van der Waals surface area contributed by atoms with Crippen LogP contribution in [0.1, 0.15) is 30.5 Å². The lowest BCUT2D eigenvalue weighted by atomic mass is 10.2. The molecule has 0 aliphatic heterocycles. The van der Waals surface area contributed by atoms with E-state index in [1.807, 2.05) is 11.3 Å². The Morgan fingerprint density at radius 1 is 1.24 bits per heavy atom. The summed E-state index contributed by atoms with van der Waals surface area (Å²) < 4.78 is 5.59. The third-order valence-corrected chi connectivity index (χ3v) is 3.24. The fourth-order valence-corrected chi connectivity index (χ4v) is 2.24. The van der Waals surface area contributed by atoms with Gasteiger partial charge in [0.25, 0.3) is 0 Å². The molecule has 1 rings (SSSR count). The van der Waals surface area contributed by atoms with Crippen LogP contribution in [0.5, 0.6) is 0 Å². The molecule has 0 fully saturated rings. The highest BCUT2D eigenvalue weighted by Gasteiger charge is 2.03. The molecule has 1 N–H and O–H groups in total. The van der Waals surface area contributed by atoms with E-state index in [1.165, 1.54) is 9.75 Å². The van der Waals surface area contributed by atoms with E-state index >= 15 is 0 Å². The van der Waals surface area contributed by atoms with Gasteiger partial charge >= 0.3 is 0 Å². The standard InChI is InChI=1S/C13H23NOS.ClH/c1-10(2)8-15-9-11(3)14-7-13-6-5-12(4)16-13;/h5-6,10-11,14H,7-9H2,1-4H3;1H. The van der Waals surface area contributed by atoms with Crippen LogP contribution in [0.15, 0.2) is 12.1 Å². The van der Waals surface area contributed by atoms with Crippen molar-refractivity contribution >= 4 is 23.7 Å². The Labute approximate surface area is 115 Å². The van der Waals surface area contributed by atoms with Crippen molar-refractivity contribution in [3.8, 4) is 0 Å². The molecular weight excluding hydrogens is 254 g/mol. The van der Waals surface area contributed by atoms with Crippen molar-refractivity contribution in [2.45, 2.75) is 40.3 Å². The van der Waals surface area contributed by atoms with Crippen LogP contribution in [0.4, 0.5) is 0 Å². The molecular formula is C13H24ClNOS. The highest BCUT2D eigenvalue weighted by molar-refractivity contribution is 7.11. The molecule has 1 heterocycles. The second-order valence-electron chi connectivity index (χ2n) is 4.73. The fraction of sp³-hybridized carbons (Fsp3) is 0.692. The van der Waals surface area contributed by atoms with Crippen LogP contribution in [0, 0.1) is 12.8 Å². The molecule has 0 saturated heterocycles.